The van der Waals surface area contributed by atoms with E-state index in [0.717, 1.165) is 0 Å². The monoisotopic (exact) mass is 298 g/mol. The molecule has 1 saturated heterocycles. The first kappa shape index (κ1) is 15.9. The smallest absolute Gasteiger partial charge is 0.224 e. The fourth-order valence-corrected chi connectivity index (χ4v) is 2.34. The Bertz CT molecular complexity index is 470. The number of ether oxygens (including phenoxy) is 1. The first-order valence-electron chi connectivity index (χ1n) is 7.13. The van der Waals surface area contributed by atoms with Crippen molar-refractivity contribution >= 4 is 5.91 Å². The number of halogens is 2. The van der Waals surface area contributed by atoms with Crippen LogP contribution >= 0.6 is 0 Å². The molecule has 1 heterocycles. The van der Waals surface area contributed by atoms with Crippen molar-refractivity contribution < 1.29 is 18.3 Å². The van der Waals surface area contributed by atoms with Gasteiger partial charge in [0.05, 0.1) is 19.8 Å². The summed E-state index contributed by atoms with van der Waals surface area (Å²) in [5.74, 6) is -1.39. The maximum atomic E-state index is 13.7. The maximum Gasteiger partial charge on any atom is 0.224 e. The zero-order valence-corrected chi connectivity index (χ0v) is 12.1. The van der Waals surface area contributed by atoms with Crippen LogP contribution in [0.25, 0.3) is 0 Å². The first-order chi connectivity index (χ1) is 10.1. The zero-order valence-electron chi connectivity index (χ0n) is 12.1. The van der Waals surface area contributed by atoms with Gasteiger partial charge >= 0.3 is 0 Å². The van der Waals surface area contributed by atoms with Gasteiger partial charge in [0.1, 0.15) is 11.6 Å². The lowest BCUT2D eigenvalue weighted by molar-refractivity contribution is -0.132. The standard InChI is InChI=1S/C15H20F2N2O2/c1-2-19(9-12-13(16)4-3-5-14(12)17)15(20)8-11-10-21-7-6-18-11/h3-5,11,18H,2,6-10H2,1H3. The predicted molar refractivity (Wildman–Crippen MR) is 74.7 cm³/mol. The lowest BCUT2D eigenvalue weighted by Gasteiger charge is -2.27. The zero-order chi connectivity index (χ0) is 15.2. The van der Waals surface area contributed by atoms with Gasteiger partial charge in [-0.1, -0.05) is 6.07 Å². The van der Waals surface area contributed by atoms with E-state index < -0.39 is 11.6 Å². The number of hydrogen-bond donors (Lipinski definition) is 1. The van der Waals surface area contributed by atoms with E-state index in [4.69, 9.17) is 4.74 Å². The van der Waals surface area contributed by atoms with Gasteiger partial charge in [0.15, 0.2) is 0 Å². The second-order valence-electron chi connectivity index (χ2n) is 5.04. The highest BCUT2D eigenvalue weighted by atomic mass is 19.1. The highest BCUT2D eigenvalue weighted by Gasteiger charge is 2.22. The van der Waals surface area contributed by atoms with E-state index in [1.807, 2.05) is 0 Å². The number of benzene rings is 1. The second-order valence-corrected chi connectivity index (χ2v) is 5.04. The Hall–Kier alpha value is -1.53. The predicted octanol–water partition coefficient (Wildman–Crippen LogP) is 1.69. The Morgan fingerprint density at radius 2 is 2.14 bits per heavy atom. The summed E-state index contributed by atoms with van der Waals surface area (Å²) in [5.41, 5.74) is -0.0689. The lowest BCUT2D eigenvalue weighted by Crippen LogP contribution is -2.45. The van der Waals surface area contributed by atoms with Gasteiger partial charge in [-0.2, -0.15) is 0 Å². The molecule has 1 fully saturated rings. The molecule has 1 aliphatic heterocycles. The minimum absolute atomic E-state index is 0.0363. The van der Waals surface area contributed by atoms with Crippen molar-refractivity contribution in [1.29, 1.82) is 0 Å². The first-order valence-corrected chi connectivity index (χ1v) is 7.13. The number of rotatable bonds is 5. The van der Waals surface area contributed by atoms with Crippen LogP contribution in [-0.4, -0.2) is 43.2 Å². The van der Waals surface area contributed by atoms with Gasteiger partial charge in [-0.15, -0.1) is 0 Å². The molecule has 0 aromatic heterocycles. The Balaban J connectivity index is 2.00. The molecule has 0 saturated carbocycles. The van der Waals surface area contributed by atoms with Gasteiger partial charge in [-0.05, 0) is 19.1 Å². The third kappa shape index (κ3) is 4.22. The summed E-state index contributed by atoms with van der Waals surface area (Å²) in [6.07, 6.45) is 0.268. The van der Waals surface area contributed by atoms with E-state index in [-0.39, 0.29) is 30.5 Å². The third-order valence-corrected chi connectivity index (χ3v) is 3.56. The van der Waals surface area contributed by atoms with Crippen molar-refractivity contribution in [3.63, 3.8) is 0 Å². The molecule has 1 aliphatic rings. The Labute approximate surface area is 123 Å². The van der Waals surface area contributed by atoms with Crippen LogP contribution in [0.3, 0.4) is 0 Å². The SMILES string of the molecule is CCN(Cc1c(F)cccc1F)C(=O)CC1COCCN1. The van der Waals surface area contributed by atoms with E-state index in [0.29, 0.717) is 26.3 Å². The molecule has 0 bridgehead atoms. The average molecular weight is 298 g/mol. The van der Waals surface area contributed by atoms with Crippen LogP contribution in [0.2, 0.25) is 0 Å². The number of nitrogens with one attached hydrogen (secondary N) is 1. The topological polar surface area (TPSA) is 41.6 Å². The average Bonchev–Trinajstić information content (AvgIpc) is 2.48. The number of carbonyl (C=O) groups is 1. The lowest BCUT2D eigenvalue weighted by atomic mass is 10.1. The van der Waals surface area contributed by atoms with Crippen molar-refractivity contribution in [3.05, 3.63) is 35.4 Å². The molecule has 4 nitrogen and oxygen atoms in total. The summed E-state index contributed by atoms with van der Waals surface area (Å²) in [7, 11) is 0. The van der Waals surface area contributed by atoms with Crippen molar-refractivity contribution in [3.8, 4) is 0 Å². The molecule has 116 valence electrons. The summed E-state index contributed by atoms with van der Waals surface area (Å²) < 4.78 is 32.6. The Morgan fingerprint density at radius 3 is 2.71 bits per heavy atom. The van der Waals surface area contributed by atoms with Crippen molar-refractivity contribution in [2.75, 3.05) is 26.3 Å². The quantitative estimate of drug-likeness (QED) is 0.899. The molecule has 0 aliphatic carbocycles. The summed E-state index contributed by atoms with van der Waals surface area (Å²) >= 11 is 0. The van der Waals surface area contributed by atoms with Gasteiger partial charge in [0.25, 0.3) is 0 Å². The molecule has 6 heteroatoms. The minimum atomic E-state index is -0.625. The van der Waals surface area contributed by atoms with E-state index in [2.05, 4.69) is 5.32 Å². The van der Waals surface area contributed by atoms with Crippen LogP contribution in [-0.2, 0) is 16.1 Å². The number of hydrogen-bond acceptors (Lipinski definition) is 3. The Morgan fingerprint density at radius 1 is 1.43 bits per heavy atom. The molecule has 0 radical (unpaired) electrons. The normalized spacial score (nSPS) is 18.5. The molecule has 0 spiro atoms. The van der Waals surface area contributed by atoms with Crippen LogP contribution in [0, 0.1) is 11.6 Å². The number of amides is 1. The van der Waals surface area contributed by atoms with E-state index >= 15 is 0 Å². The molecule has 21 heavy (non-hydrogen) atoms. The summed E-state index contributed by atoms with van der Waals surface area (Å²) in [4.78, 5) is 13.7. The van der Waals surface area contributed by atoms with Crippen LogP contribution in [0.1, 0.15) is 18.9 Å². The second kappa shape index (κ2) is 7.47. The van der Waals surface area contributed by atoms with Gasteiger partial charge in [0, 0.05) is 31.1 Å². The third-order valence-electron chi connectivity index (χ3n) is 3.56. The van der Waals surface area contributed by atoms with Gasteiger partial charge in [0.2, 0.25) is 5.91 Å². The Kier molecular flexibility index (Phi) is 5.64. The number of morpholine rings is 1. The molecule has 1 aromatic carbocycles. The summed E-state index contributed by atoms with van der Waals surface area (Å²) in [6.45, 7) is 3.98. The van der Waals surface area contributed by atoms with E-state index in [1.165, 1.54) is 23.1 Å². The molecular weight excluding hydrogens is 278 g/mol. The van der Waals surface area contributed by atoms with Crippen LogP contribution in [0.4, 0.5) is 8.78 Å². The minimum Gasteiger partial charge on any atom is -0.378 e. The summed E-state index contributed by atoms with van der Waals surface area (Å²) in [5, 5.41) is 3.19. The van der Waals surface area contributed by atoms with E-state index in [9.17, 15) is 13.6 Å². The van der Waals surface area contributed by atoms with Crippen LogP contribution < -0.4 is 5.32 Å². The van der Waals surface area contributed by atoms with Crippen molar-refractivity contribution in [2.24, 2.45) is 0 Å². The molecule has 1 aromatic rings. The van der Waals surface area contributed by atoms with Crippen LogP contribution in [0.5, 0.6) is 0 Å². The fraction of sp³-hybridized carbons (Fsp3) is 0.533. The molecule has 1 unspecified atom stereocenters. The fourth-order valence-electron chi connectivity index (χ4n) is 2.34. The highest BCUT2D eigenvalue weighted by Crippen LogP contribution is 2.15. The van der Waals surface area contributed by atoms with Crippen molar-refractivity contribution in [2.45, 2.75) is 25.9 Å². The molecule has 1 amide bonds. The van der Waals surface area contributed by atoms with Crippen molar-refractivity contribution in [1.82, 2.24) is 10.2 Å². The van der Waals surface area contributed by atoms with E-state index in [1.54, 1.807) is 6.92 Å². The highest BCUT2D eigenvalue weighted by molar-refractivity contribution is 5.76. The molecular formula is C15H20F2N2O2. The summed E-state index contributed by atoms with van der Waals surface area (Å²) in [6, 6.07) is 3.68. The maximum absolute atomic E-state index is 13.7. The number of nitrogens with zero attached hydrogens (tertiary/aromatic N) is 1. The molecule has 2 rings (SSSR count). The number of carbonyl (C=O) groups excluding carboxylic acids is 1. The van der Waals surface area contributed by atoms with Gasteiger partial charge in [-0.25, -0.2) is 8.78 Å². The molecule has 1 atom stereocenters. The van der Waals surface area contributed by atoms with Gasteiger partial charge < -0.3 is 15.0 Å². The largest absolute Gasteiger partial charge is 0.378 e. The van der Waals surface area contributed by atoms with Gasteiger partial charge in [-0.3, -0.25) is 4.79 Å². The molecule has 1 N–H and O–H groups in total. The van der Waals surface area contributed by atoms with Crippen LogP contribution in [0.15, 0.2) is 18.2 Å².